The fourth-order valence-corrected chi connectivity index (χ4v) is 3.47. The molecule has 0 unspecified atom stereocenters. The molecule has 0 saturated carbocycles. The van der Waals surface area contributed by atoms with Gasteiger partial charge in [0.15, 0.2) is 11.0 Å². The molecule has 1 aromatic heterocycles. The molecule has 110 valence electrons. The van der Waals surface area contributed by atoms with E-state index in [9.17, 15) is 9.90 Å². The van der Waals surface area contributed by atoms with Gasteiger partial charge in [-0.1, -0.05) is 36.0 Å². The van der Waals surface area contributed by atoms with Crippen LogP contribution in [0.5, 0.6) is 0 Å². The summed E-state index contributed by atoms with van der Waals surface area (Å²) in [6.07, 6.45) is 1.70. The van der Waals surface area contributed by atoms with Crippen molar-refractivity contribution in [3.8, 4) is 0 Å². The van der Waals surface area contributed by atoms with Crippen molar-refractivity contribution >= 4 is 17.7 Å². The summed E-state index contributed by atoms with van der Waals surface area (Å²) in [4.78, 5) is 10.7. The number of rotatable bonds is 5. The first-order valence-electron chi connectivity index (χ1n) is 6.65. The molecular formula is C14H15N3O3S. The average molecular weight is 305 g/mol. The Balaban J connectivity index is 1.88. The van der Waals surface area contributed by atoms with Crippen LogP contribution in [0.3, 0.4) is 0 Å². The minimum atomic E-state index is -0.894. The van der Waals surface area contributed by atoms with Crippen LogP contribution < -0.4 is 0 Å². The lowest BCUT2D eigenvalue weighted by atomic mass is 10.1. The smallest absolute Gasteiger partial charge is 0.313 e. The van der Waals surface area contributed by atoms with E-state index in [1.807, 2.05) is 16.7 Å². The lowest BCUT2D eigenvalue weighted by Gasteiger charge is -2.15. The summed E-state index contributed by atoms with van der Waals surface area (Å²) in [5, 5.41) is 26.8. The van der Waals surface area contributed by atoms with Gasteiger partial charge in [-0.25, -0.2) is 0 Å². The zero-order valence-electron chi connectivity index (χ0n) is 11.3. The molecule has 1 aromatic carbocycles. The molecule has 0 radical (unpaired) electrons. The molecule has 0 spiro atoms. The number of benzene rings is 1. The number of aliphatic carboxylic acids is 1. The first-order chi connectivity index (χ1) is 10.2. The molecule has 0 saturated heterocycles. The quantitative estimate of drug-likeness (QED) is 0.809. The number of aromatic nitrogens is 3. The van der Waals surface area contributed by atoms with Crippen molar-refractivity contribution in [1.82, 2.24) is 14.8 Å². The average Bonchev–Trinajstić information content (AvgIpc) is 3.07. The van der Waals surface area contributed by atoms with Crippen LogP contribution in [0.2, 0.25) is 0 Å². The maximum absolute atomic E-state index is 10.7. The zero-order chi connectivity index (χ0) is 14.8. The molecule has 21 heavy (non-hydrogen) atoms. The Morgan fingerprint density at radius 3 is 2.52 bits per heavy atom. The lowest BCUT2D eigenvalue weighted by molar-refractivity contribution is -0.133. The molecule has 7 heteroatoms. The van der Waals surface area contributed by atoms with E-state index in [2.05, 4.69) is 22.3 Å². The van der Waals surface area contributed by atoms with E-state index in [1.54, 1.807) is 0 Å². The van der Waals surface area contributed by atoms with Crippen molar-refractivity contribution in [2.24, 2.45) is 0 Å². The molecule has 3 rings (SSSR count). The third-order valence-electron chi connectivity index (χ3n) is 3.60. The van der Waals surface area contributed by atoms with E-state index in [0.29, 0.717) is 11.0 Å². The van der Waals surface area contributed by atoms with E-state index in [0.717, 1.165) is 24.6 Å². The minimum absolute atomic E-state index is 0.0662. The monoisotopic (exact) mass is 305 g/mol. The molecule has 0 fully saturated rings. The summed E-state index contributed by atoms with van der Waals surface area (Å²) in [5.41, 5.74) is 2.57. The molecule has 1 heterocycles. The van der Waals surface area contributed by atoms with Gasteiger partial charge in [-0.2, -0.15) is 0 Å². The number of carboxylic acid groups (broad SMARTS) is 1. The summed E-state index contributed by atoms with van der Waals surface area (Å²) in [5.74, 6) is -0.473. The molecule has 1 aliphatic rings. The Bertz CT molecular complexity index is 646. The molecule has 0 amide bonds. The number of carboxylic acids is 1. The van der Waals surface area contributed by atoms with Gasteiger partial charge in [0.2, 0.25) is 0 Å². The first kappa shape index (κ1) is 14.1. The van der Waals surface area contributed by atoms with Crippen LogP contribution in [-0.4, -0.2) is 36.7 Å². The largest absolute Gasteiger partial charge is 0.481 e. The first-order valence-corrected chi connectivity index (χ1v) is 7.63. The minimum Gasteiger partial charge on any atom is -0.481 e. The molecule has 0 aliphatic heterocycles. The van der Waals surface area contributed by atoms with Crippen LogP contribution in [0.1, 0.15) is 23.0 Å². The van der Waals surface area contributed by atoms with Crippen LogP contribution in [0.4, 0.5) is 0 Å². The molecule has 6 nitrogen and oxygen atoms in total. The second-order valence-corrected chi connectivity index (χ2v) is 5.88. The van der Waals surface area contributed by atoms with Gasteiger partial charge in [-0.15, -0.1) is 10.2 Å². The maximum Gasteiger partial charge on any atom is 0.313 e. The Hall–Kier alpha value is -1.86. The summed E-state index contributed by atoms with van der Waals surface area (Å²) >= 11 is 1.14. The van der Waals surface area contributed by atoms with Crippen LogP contribution in [0, 0.1) is 0 Å². The summed E-state index contributed by atoms with van der Waals surface area (Å²) in [6, 6.07) is 8.36. The second kappa shape index (κ2) is 5.87. The molecule has 2 aromatic rings. The Morgan fingerprint density at radius 1 is 1.29 bits per heavy atom. The van der Waals surface area contributed by atoms with Crippen molar-refractivity contribution in [2.75, 3.05) is 5.75 Å². The van der Waals surface area contributed by atoms with Gasteiger partial charge in [0.1, 0.15) is 6.61 Å². The second-order valence-electron chi connectivity index (χ2n) is 4.94. The lowest BCUT2D eigenvalue weighted by Crippen LogP contribution is -2.14. The Labute approximate surface area is 125 Å². The van der Waals surface area contributed by atoms with Gasteiger partial charge in [0, 0.05) is 6.04 Å². The maximum atomic E-state index is 10.7. The fraction of sp³-hybridized carbons (Fsp3) is 0.357. The van der Waals surface area contributed by atoms with Gasteiger partial charge in [-0.05, 0) is 24.0 Å². The van der Waals surface area contributed by atoms with Gasteiger partial charge in [0.05, 0.1) is 5.75 Å². The van der Waals surface area contributed by atoms with E-state index in [1.165, 1.54) is 11.1 Å². The molecule has 2 N–H and O–H groups in total. The fourth-order valence-electron chi connectivity index (χ4n) is 2.72. The topological polar surface area (TPSA) is 88.2 Å². The van der Waals surface area contributed by atoms with Crippen LogP contribution >= 0.6 is 11.8 Å². The number of hydrogen-bond acceptors (Lipinski definition) is 5. The number of aliphatic hydroxyl groups is 1. The van der Waals surface area contributed by atoms with E-state index < -0.39 is 5.97 Å². The van der Waals surface area contributed by atoms with Crippen molar-refractivity contribution < 1.29 is 15.0 Å². The summed E-state index contributed by atoms with van der Waals surface area (Å²) < 4.78 is 1.88. The van der Waals surface area contributed by atoms with Gasteiger partial charge in [0.25, 0.3) is 0 Å². The van der Waals surface area contributed by atoms with E-state index in [-0.39, 0.29) is 18.4 Å². The van der Waals surface area contributed by atoms with Gasteiger partial charge in [-0.3, -0.25) is 4.79 Å². The molecule has 0 atom stereocenters. The number of thioether (sulfide) groups is 1. The highest BCUT2D eigenvalue weighted by Gasteiger charge is 2.27. The molecule has 1 aliphatic carbocycles. The highest BCUT2D eigenvalue weighted by atomic mass is 32.2. The number of hydrogen-bond donors (Lipinski definition) is 2. The molecule has 0 bridgehead atoms. The predicted octanol–water partition coefficient (Wildman–Crippen LogP) is 1.29. The van der Waals surface area contributed by atoms with Crippen LogP contribution in [-0.2, 0) is 24.2 Å². The third-order valence-corrected chi connectivity index (χ3v) is 4.52. The number of carbonyl (C=O) groups is 1. The number of nitrogens with zero attached hydrogens (tertiary/aromatic N) is 3. The van der Waals surface area contributed by atoms with E-state index >= 15 is 0 Å². The van der Waals surface area contributed by atoms with Crippen molar-refractivity contribution in [1.29, 1.82) is 0 Å². The zero-order valence-corrected chi connectivity index (χ0v) is 12.1. The van der Waals surface area contributed by atoms with Crippen molar-refractivity contribution in [2.45, 2.75) is 30.6 Å². The Morgan fingerprint density at radius 2 is 1.95 bits per heavy atom. The van der Waals surface area contributed by atoms with Crippen LogP contribution in [0.25, 0.3) is 0 Å². The van der Waals surface area contributed by atoms with Crippen LogP contribution in [0.15, 0.2) is 29.4 Å². The standard InChI is InChI=1S/C14H15N3O3S/c18-7-12-15-16-14(21-8-13(19)20)17(12)11-5-9-3-1-2-4-10(9)6-11/h1-4,11,18H,5-8H2,(H,19,20). The normalized spacial score (nSPS) is 14.3. The van der Waals surface area contributed by atoms with Crippen molar-refractivity contribution in [3.05, 3.63) is 41.2 Å². The molecular weight excluding hydrogens is 290 g/mol. The highest BCUT2D eigenvalue weighted by molar-refractivity contribution is 7.99. The SMILES string of the molecule is O=C(O)CSc1nnc(CO)n1C1Cc2ccccc2C1. The Kier molecular flexibility index (Phi) is 3.94. The third kappa shape index (κ3) is 2.79. The van der Waals surface area contributed by atoms with Gasteiger partial charge < -0.3 is 14.8 Å². The predicted molar refractivity (Wildman–Crippen MR) is 77.2 cm³/mol. The summed E-state index contributed by atoms with van der Waals surface area (Å²) in [7, 11) is 0. The highest BCUT2D eigenvalue weighted by Crippen LogP contribution is 2.33. The van der Waals surface area contributed by atoms with E-state index in [4.69, 9.17) is 5.11 Å². The van der Waals surface area contributed by atoms with Crippen molar-refractivity contribution in [3.63, 3.8) is 0 Å². The number of aliphatic hydroxyl groups excluding tert-OH is 1. The van der Waals surface area contributed by atoms with Gasteiger partial charge >= 0.3 is 5.97 Å². The number of fused-ring (bicyclic) bond motifs is 1. The summed E-state index contributed by atoms with van der Waals surface area (Å²) in [6.45, 7) is -0.201.